The van der Waals surface area contributed by atoms with Crippen molar-refractivity contribution in [2.75, 3.05) is 5.32 Å². The highest BCUT2D eigenvalue weighted by molar-refractivity contribution is 6.06. The molecule has 0 spiro atoms. The van der Waals surface area contributed by atoms with Crippen LogP contribution in [0.15, 0.2) is 0 Å². The second-order valence-electron chi connectivity index (χ2n) is 6.78. The number of esters is 1. The molecule has 7 nitrogen and oxygen atoms in total. The van der Waals surface area contributed by atoms with Gasteiger partial charge in [-0.05, 0) is 52.5 Å². The number of rotatable bonds is 4. The number of ether oxygens (including phenoxy) is 1. The predicted molar refractivity (Wildman–Crippen MR) is 94.0 cm³/mol. The summed E-state index contributed by atoms with van der Waals surface area (Å²) in [6, 6.07) is 0. The maximum atomic E-state index is 12.8. The fourth-order valence-corrected chi connectivity index (χ4v) is 3.40. The molecule has 7 heteroatoms. The van der Waals surface area contributed by atoms with Crippen molar-refractivity contribution < 1.29 is 14.3 Å². The Morgan fingerprint density at radius 1 is 1.28 bits per heavy atom. The van der Waals surface area contributed by atoms with Crippen LogP contribution >= 0.6 is 0 Å². The van der Waals surface area contributed by atoms with Crippen molar-refractivity contribution in [3.8, 4) is 0 Å². The molecule has 2 aromatic rings. The molecule has 1 aliphatic rings. The van der Waals surface area contributed by atoms with Gasteiger partial charge in [0.05, 0.1) is 17.4 Å². The highest BCUT2D eigenvalue weighted by Gasteiger charge is 2.26. The van der Waals surface area contributed by atoms with Crippen LogP contribution in [0.4, 0.5) is 5.82 Å². The molecule has 0 aromatic carbocycles. The molecule has 0 atom stereocenters. The Kier molecular flexibility index (Phi) is 4.41. The zero-order chi connectivity index (χ0) is 18.3. The third kappa shape index (κ3) is 3.06. The minimum absolute atomic E-state index is 0.212. The van der Waals surface area contributed by atoms with Gasteiger partial charge >= 0.3 is 5.97 Å². The Hall–Kier alpha value is -2.57. The fraction of sp³-hybridized carbons (Fsp3) is 0.500. The fourth-order valence-electron chi connectivity index (χ4n) is 3.40. The Morgan fingerprint density at radius 3 is 2.68 bits per heavy atom. The second kappa shape index (κ2) is 6.38. The van der Waals surface area contributed by atoms with Gasteiger partial charge in [0.1, 0.15) is 11.5 Å². The van der Waals surface area contributed by atoms with Crippen molar-refractivity contribution in [1.82, 2.24) is 14.8 Å². The lowest BCUT2D eigenvalue weighted by atomic mass is 10.1. The van der Waals surface area contributed by atoms with E-state index in [0.29, 0.717) is 22.5 Å². The molecule has 0 aliphatic heterocycles. The minimum Gasteiger partial charge on any atom is -0.459 e. The van der Waals surface area contributed by atoms with Gasteiger partial charge in [-0.3, -0.25) is 9.48 Å². The molecule has 0 radical (unpaired) electrons. The number of carbonyl (C=O) groups excluding carboxylic acids is 2. The van der Waals surface area contributed by atoms with Crippen LogP contribution in [0.1, 0.15) is 63.6 Å². The SMILES string of the molecule is Cc1[nH]c(C(=O)Nc2c3c(nn2C)CCC3)c(C)c1C(=O)OC(C)C. The van der Waals surface area contributed by atoms with E-state index in [1.54, 1.807) is 32.4 Å². The topological polar surface area (TPSA) is 89.0 Å². The van der Waals surface area contributed by atoms with Crippen molar-refractivity contribution in [3.63, 3.8) is 0 Å². The first-order valence-electron chi connectivity index (χ1n) is 8.55. The maximum Gasteiger partial charge on any atom is 0.340 e. The summed E-state index contributed by atoms with van der Waals surface area (Å²) < 4.78 is 6.98. The molecule has 0 bridgehead atoms. The number of fused-ring (bicyclic) bond motifs is 1. The summed E-state index contributed by atoms with van der Waals surface area (Å²) in [4.78, 5) is 28.1. The van der Waals surface area contributed by atoms with Crippen LogP contribution < -0.4 is 5.32 Å². The average molecular weight is 344 g/mol. The summed E-state index contributed by atoms with van der Waals surface area (Å²) in [7, 11) is 1.83. The van der Waals surface area contributed by atoms with Crippen LogP contribution in [0.25, 0.3) is 0 Å². The predicted octanol–water partition coefficient (Wildman–Crippen LogP) is 2.67. The van der Waals surface area contributed by atoms with Crippen molar-refractivity contribution >= 4 is 17.7 Å². The van der Waals surface area contributed by atoms with Gasteiger partial charge in [0, 0.05) is 18.3 Å². The molecule has 1 aliphatic carbocycles. The molecular formula is C18H24N4O3. The quantitative estimate of drug-likeness (QED) is 0.835. The molecule has 1 amide bonds. The van der Waals surface area contributed by atoms with Gasteiger partial charge in [-0.1, -0.05) is 0 Å². The van der Waals surface area contributed by atoms with E-state index in [4.69, 9.17) is 4.74 Å². The van der Waals surface area contributed by atoms with Crippen molar-refractivity contribution in [1.29, 1.82) is 0 Å². The van der Waals surface area contributed by atoms with Gasteiger partial charge in [0.15, 0.2) is 0 Å². The van der Waals surface area contributed by atoms with Gasteiger partial charge < -0.3 is 15.0 Å². The number of nitrogens with zero attached hydrogens (tertiary/aromatic N) is 2. The van der Waals surface area contributed by atoms with E-state index >= 15 is 0 Å². The summed E-state index contributed by atoms with van der Waals surface area (Å²) in [5.74, 6) is 0.0408. The molecular weight excluding hydrogens is 320 g/mol. The average Bonchev–Trinajstić information content (AvgIpc) is 3.14. The van der Waals surface area contributed by atoms with Crippen molar-refractivity contribution in [3.05, 3.63) is 33.8 Å². The van der Waals surface area contributed by atoms with Crippen molar-refractivity contribution in [2.45, 2.75) is 53.1 Å². The number of aromatic amines is 1. The number of hydrogen-bond donors (Lipinski definition) is 2. The van der Waals surface area contributed by atoms with Crippen LogP contribution in [0, 0.1) is 13.8 Å². The molecule has 2 heterocycles. The summed E-state index contributed by atoms with van der Waals surface area (Å²) in [6.07, 6.45) is 2.72. The van der Waals surface area contributed by atoms with E-state index in [1.807, 2.05) is 7.05 Å². The molecule has 0 fully saturated rings. The van der Waals surface area contributed by atoms with Crippen LogP contribution in [-0.2, 0) is 24.6 Å². The van der Waals surface area contributed by atoms with Gasteiger partial charge in [-0.25, -0.2) is 4.79 Å². The number of H-pyrrole nitrogens is 1. The lowest BCUT2D eigenvalue weighted by Crippen LogP contribution is -2.17. The van der Waals surface area contributed by atoms with Crippen LogP contribution in [-0.4, -0.2) is 32.7 Å². The largest absolute Gasteiger partial charge is 0.459 e. The van der Waals surface area contributed by atoms with Crippen LogP contribution in [0.2, 0.25) is 0 Å². The third-order valence-electron chi connectivity index (χ3n) is 4.51. The lowest BCUT2D eigenvalue weighted by Gasteiger charge is -2.09. The Balaban J connectivity index is 1.88. The molecule has 2 aromatic heterocycles. The minimum atomic E-state index is -0.415. The summed E-state index contributed by atoms with van der Waals surface area (Å²) in [6.45, 7) is 7.11. The molecule has 134 valence electrons. The summed E-state index contributed by atoms with van der Waals surface area (Å²) in [5.41, 5.74) is 4.19. The Morgan fingerprint density at radius 2 is 2.00 bits per heavy atom. The summed E-state index contributed by atoms with van der Waals surface area (Å²) in [5, 5.41) is 7.41. The first-order valence-corrected chi connectivity index (χ1v) is 8.55. The normalized spacial score (nSPS) is 13.2. The number of carbonyl (C=O) groups is 2. The second-order valence-corrected chi connectivity index (χ2v) is 6.78. The molecule has 2 N–H and O–H groups in total. The van der Waals surface area contributed by atoms with E-state index in [9.17, 15) is 9.59 Å². The first kappa shape index (κ1) is 17.3. The third-order valence-corrected chi connectivity index (χ3v) is 4.51. The van der Waals surface area contributed by atoms with Gasteiger partial charge in [0.25, 0.3) is 5.91 Å². The van der Waals surface area contributed by atoms with E-state index < -0.39 is 5.97 Å². The first-order chi connectivity index (χ1) is 11.8. The highest BCUT2D eigenvalue weighted by Crippen LogP contribution is 2.29. The number of amides is 1. The number of anilines is 1. The van der Waals surface area contributed by atoms with Gasteiger partial charge in [0.2, 0.25) is 0 Å². The van der Waals surface area contributed by atoms with E-state index in [2.05, 4.69) is 15.4 Å². The van der Waals surface area contributed by atoms with E-state index in [-0.39, 0.29) is 12.0 Å². The zero-order valence-electron chi connectivity index (χ0n) is 15.3. The maximum absolute atomic E-state index is 12.8. The number of hydrogen-bond acceptors (Lipinski definition) is 4. The molecule has 3 rings (SSSR count). The van der Waals surface area contributed by atoms with Gasteiger partial charge in [-0.15, -0.1) is 0 Å². The number of nitrogens with one attached hydrogen (secondary N) is 2. The van der Waals surface area contributed by atoms with E-state index in [1.165, 1.54) is 0 Å². The Labute approximate surface area is 146 Å². The molecule has 0 saturated carbocycles. The van der Waals surface area contributed by atoms with Crippen molar-refractivity contribution in [2.24, 2.45) is 7.05 Å². The van der Waals surface area contributed by atoms with E-state index in [0.717, 1.165) is 36.3 Å². The standard InChI is InChI=1S/C18H24N4O3/c1-9(2)25-18(24)14-10(3)15(19-11(14)4)17(23)20-16-12-7-6-8-13(12)21-22(16)5/h9,19H,6-8H2,1-5H3,(H,20,23). The van der Waals surface area contributed by atoms with Crippen LogP contribution in [0.5, 0.6) is 0 Å². The highest BCUT2D eigenvalue weighted by atomic mass is 16.5. The van der Waals surface area contributed by atoms with Gasteiger partial charge in [-0.2, -0.15) is 5.10 Å². The lowest BCUT2D eigenvalue weighted by molar-refractivity contribution is 0.0376. The molecule has 0 saturated heterocycles. The summed E-state index contributed by atoms with van der Waals surface area (Å²) >= 11 is 0. The monoisotopic (exact) mass is 344 g/mol. The van der Waals surface area contributed by atoms with Crippen LogP contribution in [0.3, 0.4) is 0 Å². The molecule has 25 heavy (non-hydrogen) atoms. The Bertz CT molecular complexity index is 845. The number of aryl methyl sites for hydroxylation is 3. The zero-order valence-corrected chi connectivity index (χ0v) is 15.3. The smallest absolute Gasteiger partial charge is 0.340 e. The molecule has 0 unspecified atom stereocenters. The number of aromatic nitrogens is 3.